The average molecular weight is 458 g/mol. The molecule has 0 fully saturated rings. The smallest absolute Gasteiger partial charge is 0.282 e. The molecule has 3 amide bonds. The Bertz CT molecular complexity index is 1280. The number of benzene rings is 3. The molecule has 0 saturated heterocycles. The molecular weight excluding hydrogens is 433 g/mol. The van der Waals surface area contributed by atoms with E-state index in [2.05, 4.69) is 24.5 Å². The zero-order valence-electron chi connectivity index (χ0n) is 19.1. The predicted molar refractivity (Wildman–Crippen MR) is 131 cm³/mol. The number of amides is 3. The molecule has 3 aromatic carbocycles. The third-order valence-corrected chi connectivity index (χ3v) is 5.51. The summed E-state index contributed by atoms with van der Waals surface area (Å²) in [6.07, 6.45) is 0. The topological polar surface area (TPSA) is 78.5 Å². The number of rotatable bonds is 6. The van der Waals surface area contributed by atoms with E-state index in [-0.39, 0.29) is 17.2 Å². The molecule has 1 aliphatic rings. The van der Waals surface area contributed by atoms with Crippen molar-refractivity contribution in [3.05, 3.63) is 95.4 Å². The number of carbonyl (C=O) groups excluding carboxylic acids is 3. The summed E-state index contributed by atoms with van der Waals surface area (Å²) in [7, 11) is 0. The maximum absolute atomic E-state index is 13.5. The molecule has 2 N–H and O–H groups in total. The first-order valence-electron chi connectivity index (χ1n) is 10.9. The lowest BCUT2D eigenvalue weighted by atomic mass is 10.0. The van der Waals surface area contributed by atoms with E-state index in [9.17, 15) is 18.8 Å². The van der Waals surface area contributed by atoms with Crippen molar-refractivity contribution in [3.63, 3.8) is 0 Å². The zero-order valence-corrected chi connectivity index (χ0v) is 19.1. The number of nitrogens with zero attached hydrogens (tertiary/aromatic N) is 1. The van der Waals surface area contributed by atoms with Crippen LogP contribution in [0.1, 0.15) is 37.8 Å². The quantitative estimate of drug-likeness (QED) is 0.492. The Morgan fingerprint density at radius 3 is 1.97 bits per heavy atom. The fourth-order valence-electron chi connectivity index (χ4n) is 3.76. The van der Waals surface area contributed by atoms with Gasteiger partial charge in [0.2, 0.25) is 5.91 Å². The van der Waals surface area contributed by atoms with E-state index in [4.69, 9.17) is 0 Å². The van der Waals surface area contributed by atoms with Gasteiger partial charge >= 0.3 is 0 Å². The maximum atomic E-state index is 13.5. The van der Waals surface area contributed by atoms with Crippen LogP contribution in [0.5, 0.6) is 0 Å². The summed E-state index contributed by atoms with van der Waals surface area (Å²) < 4.78 is 13.5. The van der Waals surface area contributed by atoms with Crippen LogP contribution in [0.15, 0.2) is 78.5 Å². The highest BCUT2D eigenvalue weighted by atomic mass is 19.1. The maximum Gasteiger partial charge on any atom is 0.282 e. The summed E-state index contributed by atoms with van der Waals surface area (Å²) in [5, 5.41) is 5.76. The number of hydrogen-bond donors (Lipinski definition) is 2. The SMILES string of the molecule is CC(=O)Nc1ccc(N2C(=O)C(Nc3ccc(C(C)C)cc3)=C(c3ccc(F)cc3)C2=O)cc1. The van der Waals surface area contributed by atoms with Crippen LogP contribution >= 0.6 is 0 Å². The summed E-state index contributed by atoms with van der Waals surface area (Å²) >= 11 is 0. The molecule has 34 heavy (non-hydrogen) atoms. The summed E-state index contributed by atoms with van der Waals surface area (Å²) in [4.78, 5) is 39.3. The van der Waals surface area contributed by atoms with Gasteiger partial charge in [-0.25, -0.2) is 9.29 Å². The molecule has 3 aromatic rings. The standard InChI is InChI=1S/C27H24FN3O3/c1-16(2)18-6-10-22(11-7-18)30-25-24(19-4-8-20(28)9-5-19)26(33)31(27(25)34)23-14-12-21(13-15-23)29-17(3)32/h4-16,30H,1-3H3,(H,29,32). The summed E-state index contributed by atoms with van der Waals surface area (Å²) in [5.74, 6) is -1.36. The van der Waals surface area contributed by atoms with Gasteiger partial charge in [0.15, 0.2) is 0 Å². The van der Waals surface area contributed by atoms with Crippen molar-refractivity contribution >= 4 is 40.4 Å². The minimum absolute atomic E-state index is 0.111. The van der Waals surface area contributed by atoms with Gasteiger partial charge in [0.05, 0.1) is 11.3 Å². The Hall–Kier alpha value is -4.26. The van der Waals surface area contributed by atoms with Crippen LogP contribution in [0.25, 0.3) is 5.57 Å². The Morgan fingerprint density at radius 1 is 0.824 bits per heavy atom. The van der Waals surface area contributed by atoms with Crippen molar-refractivity contribution in [1.82, 2.24) is 0 Å². The lowest BCUT2D eigenvalue weighted by Gasteiger charge is -2.16. The highest BCUT2D eigenvalue weighted by molar-refractivity contribution is 6.46. The first kappa shape index (κ1) is 22.9. The lowest BCUT2D eigenvalue weighted by molar-refractivity contribution is -0.120. The highest BCUT2D eigenvalue weighted by Crippen LogP contribution is 2.34. The molecule has 0 unspecified atom stereocenters. The Balaban J connectivity index is 1.72. The monoisotopic (exact) mass is 457 g/mol. The molecule has 7 heteroatoms. The normalized spacial score (nSPS) is 13.6. The van der Waals surface area contributed by atoms with Crippen LogP contribution < -0.4 is 15.5 Å². The van der Waals surface area contributed by atoms with Crippen molar-refractivity contribution < 1.29 is 18.8 Å². The fourth-order valence-corrected chi connectivity index (χ4v) is 3.76. The van der Waals surface area contributed by atoms with Crippen LogP contribution in [0.3, 0.4) is 0 Å². The molecule has 0 aromatic heterocycles. The summed E-state index contributed by atoms with van der Waals surface area (Å²) in [5.41, 5.74) is 3.40. The van der Waals surface area contributed by atoms with E-state index in [1.54, 1.807) is 24.3 Å². The van der Waals surface area contributed by atoms with E-state index < -0.39 is 17.6 Å². The molecule has 6 nitrogen and oxygen atoms in total. The van der Waals surface area contributed by atoms with Crippen LogP contribution in [0.4, 0.5) is 21.5 Å². The molecule has 172 valence electrons. The van der Waals surface area contributed by atoms with Gasteiger partial charge in [0, 0.05) is 18.3 Å². The van der Waals surface area contributed by atoms with Gasteiger partial charge < -0.3 is 10.6 Å². The highest BCUT2D eigenvalue weighted by Gasteiger charge is 2.40. The second kappa shape index (κ2) is 9.31. The molecule has 1 aliphatic heterocycles. The predicted octanol–water partition coefficient (Wildman–Crippen LogP) is 5.30. The van der Waals surface area contributed by atoms with E-state index in [1.165, 1.54) is 31.2 Å². The van der Waals surface area contributed by atoms with E-state index in [0.29, 0.717) is 28.5 Å². The van der Waals surface area contributed by atoms with Crippen LogP contribution in [0.2, 0.25) is 0 Å². The van der Waals surface area contributed by atoms with Gasteiger partial charge in [-0.1, -0.05) is 38.1 Å². The van der Waals surface area contributed by atoms with Crippen LogP contribution in [-0.4, -0.2) is 17.7 Å². The first-order valence-corrected chi connectivity index (χ1v) is 10.9. The number of imide groups is 1. The van der Waals surface area contributed by atoms with Crippen LogP contribution in [-0.2, 0) is 14.4 Å². The van der Waals surface area contributed by atoms with E-state index in [1.807, 2.05) is 24.3 Å². The third kappa shape index (κ3) is 4.59. The number of anilines is 3. The van der Waals surface area contributed by atoms with E-state index >= 15 is 0 Å². The minimum atomic E-state index is -0.524. The number of carbonyl (C=O) groups is 3. The first-order chi connectivity index (χ1) is 16.2. The van der Waals surface area contributed by atoms with Crippen molar-refractivity contribution in [2.24, 2.45) is 0 Å². The van der Waals surface area contributed by atoms with Crippen molar-refractivity contribution in [2.75, 3.05) is 15.5 Å². The fraction of sp³-hybridized carbons (Fsp3) is 0.148. The molecule has 1 heterocycles. The van der Waals surface area contributed by atoms with Crippen LogP contribution in [0, 0.1) is 5.82 Å². The number of halogens is 1. The lowest BCUT2D eigenvalue weighted by Crippen LogP contribution is -2.32. The molecule has 0 saturated carbocycles. The molecule has 0 radical (unpaired) electrons. The molecule has 0 aliphatic carbocycles. The van der Waals surface area contributed by atoms with Gasteiger partial charge in [-0.2, -0.15) is 0 Å². The average Bonchev–Trinajstić information content (AvgIpc) is 3.04. The van der Waals surface area contributed by atoms with Gasteiger partial charge in [0.25, 0.3) is 11.8 Å². The Labute approximate surface area is 197 Å². The third-order valence-electron chi connectivity index (χ3n) is 5.51. The molecule has 0 atom stereocenters. The largest absolute Gasteiger partial charge is 0.350 e. The summed E-state index contributed by atoms with van der Waals surface area (Å²) in [6, 6.07) is 19.5. The van der Waals surface area contributed by atoms with Gasteiger partial charge in [-0.05, 0) is 65.6 Å². The van der Waals surface area contributed by atoms with Gasteiger partial charge in [-0.15, -0.1) is 0 Å². The number of nitrogens with one attached hydrogen (secondary N) is 2. The van der Waals surface area contributed by atoms with Crippen molar-refractivity contribution in [2.45, 2.75) is 26.7 Å². The van der Waals surface area contributed by atoms with Gasteiger partial charge in [-0.3, -0.25) is 14.4 Å². The minimum Gasteiger partial charge on any atom is -0.350 e. The Kier molecular flexibility index (Phi) is 6.27. The molecular formula is C27H24FN3O3. The molecule has 0 spiro atoms. The van der Waals surface area contributed by atoms with Gasteiger partial charge in [0.1, 0.15) is 11.5 Å². The van der Waals surface area contributed by atoms with Crippen molar-refractivity contribution in [1.29, 1.82) is 0 Å². The van der Waals surface area contributed by atoms with E-state index in [0.717, 1.165) is 10.5 Å². The van der Waals surface area contributed by atoms with Crippen molar-refractivity contribution in [3.8, 4) is 0 Å². The number of hydrogen-bond acceptors (Lipinski definition) is 4. The zero-order chi connectivity index (χ0) is 24.4. The molecule has 4 rings (SSSR count). The Morgan fingerprint density at radius 2 is 1.41 bits per heavy atom. The molecule has 0 bridgehead atoms. The summed E-state index contributed by atoms with van der Waals surface area (Å²) in [6.45, 7) is 5.57. The second-order valence-corrected chi connectivity index (χ2v) is 8.33. The second-order valence-electron chi connectivity index (χ2n) is 8.33.